The summed E-state index contributed by atoms with van der Waals surface area (Å²) in [7, 11) is -4.24. The lowest BCUT2D eigenvalue weighted by Gasteiger charge is -2.11. The first-order chi connectivity index (χ1) is 11.1. The Hall–Kier alpha value is -2.45. The second kappa shape index (κ2) is 6.21. The van der Waals surface area contributed by atoms with Crippen LogP contribution in [-0.2, 0) is 9.84 Å². The van der Waals surface area contributed by atoms with Crippen molar-refractivity contribution >= 4 is 33.1 Å². The maximum atomic E-state index is 12.8. The molecular formula is C15H11ClNO6S-. The number of hydrogen-bond acceptors (Lipinski definition) is 6. The van der Waals surface area contributed by atoms with Crippen LogP contribution in [0.3, 0.4) is 0 Å². The molecule has 7 nitrogen and oxygen atoms in total. The van der Waals surface area contributed by atoms with Crippen molar-refractivity contribution in [1.29, 1.82) is 0 Å². The summed E-state index contributed by atoms with van der Waals surface area (Å²) in [6.45, 7) is 3.12. The number of benzene rings is 2. The molecule has 0 spiro atoms. The lowest BCUT2D eigenvalue weighted by Crippen LogP contribution is -2.22. The number of carbonyl (C=O) groups is 1. The number of nitro groups is 1. The Morgan fingerprint density at radius 2 is 1.71 bits per heavy atom. The first-order valence-electron chi connectivity index (χ1n) is 6.57. The summed E-state index contributed by atoms with van der Waals surface area (Å²) in [5.74, 6) is -1.64. The van der Waals surface area contributed by atoms with Crippen LogP contribution in [0.5, 0.6) is 0 Å². The van der Waals surface area contributed by atoms with Crippen molar-refractivity contribution in [3.63, 3.8) is 0 Å². The fraction of sp³-hybridized carbons (Fsp3) is 0.133. The Morgan fingerprint density at radius 3 is 2.25 bits per heavy atom. The molecule has 0 fully saturated rings. The highest BCUT2D eigenvalue weighted by atomic mass is 35.5. The largest absolute Gasteiger partial charge is 0.545 e. The molecule has 0 aromatic heterocycles. The van der Waals surface area contributed by atoms with Gasteiger partial charge in [0.05, 0.1) is 15.8 Å². The van der Waals surface area contributed by atoms with E-state index in [1.54, 1.807) is 6.92 Å². The van der Waals surface area contributed by atoms with E-state index in [0.717, 1.165) is 12.1 Å². The van der Waals surface area contributed by atoms with Crippen molar-refractivity contribution in [2.75, 3.05) is 0 Å². The zero-order valence-corrected chi connectivity index (χ0v) is 14.1. The number of aryl methyl sites for hydroxylation is 2. The molecule has 9 heteroatoms. The van der Waals surface area contributed by atoms with Crippen LogP contribution in [-0.4, -0.2) is 19.3 Å². The Bertz CT molecular complexity index is 968. The SMILES string of the molecule is Cc1cc(S(=O)(=O)c2ccc(C(=O)[O-])cc2[N+](=O)[O-])c(C)cc1Cl. The number of nitrogens with zero attached hydrogens (tertiary/aromatic N) is 1. The third-order valence-corrected chi connectivity index (χ3v) is 5.78. The second-order valence-corrected chi connectivity index (χ2v) is 7.39. The lowest BCUT2D eigenvalue weighted by molar-refractivity contribution is -0.387. The number of hydrogen-bond donors (Lipinski definition) is 0. The number of sulfone groups is 1. The summed E-state index contributed by atoms with van der Waals surface area (Å²) in [4.78, 5) is 20.4. The van der Waals surface area contributed by atoms with E-state index in [-0.39, 0.29) is 4.90 Å². The van der Waals surface area contributed by atoms with Crippen LogP contribution in [0.1, 0.15) is 21.5 Å². The van der Waals surface area contributed by atoms with Gasteiger partial charge < -0.3 is 9.90 Å². The van der Waals surface area contributed by atoms with Gasteiger partial charge in [-0.25, -0.2) is 8.42 Å². The van der Waals surface area contributed by atoms with Gasteiger partial charge in [0.2, 0.25) is 9.84 Å². The first kappa shape index (κ1) is 17.9. The molecule has 24 heavy (non-hydrogen) atoms. The number of aromatic carboxylic acids is 1. The normalized spacial score (nSPS) is 11.3. The Labute approximate surface area is 142 Å². The van der Waals surface area contributed by atoms with E-state index in [4.69, 9.17) is 11.6 Å². The topological polar surface area (TPSA) is 117 Å². The summed E-state index contributed by atoms with van der Waals surface area (Å²) in [5, 5.41) is 22.4. The molecule has 2 rings (SSSR count). The minimum Gasteiger partial charge on any atom is -0.545 e. The highest BCUT2D eigenvalue weighted by Crippen LogP contribution is 2.33. The molecule has 0 saturated carbocycles. The van der Waals surface area contributed by atoms with Gasteiger partial charge in [-0.15, -0.1) is 0 Å². The average Bonchev–Trinajstić information content (AvgIpc) is 2.49. The molecule has 126 valence electrons. The summed E-state index contributed by atoms with van der Waals surface area (Å²) >= 11 is 5.94. The number of rotatable bonds is 4. The van der Waals surface area contributed by atoms with Gasteiger partial charge >= 0.3 is 0 Å². The Morgan fingerprint density at radius 1 is 1.08 bits per heavy atom. The van der Waals surface area contributed by atoms with Crippen LogP contribution in [0, 0.1) is 24.0 Å². The molecule has 0 aliphatic rings. The van der Waals surface area contributed by atoms with Crippen molar-refractivity contribution in [2.45, 2.75) is 23.6 Å². The predicted octanol–water partition coefficient (Wildman–Crippen LogP) is 2.06. The van der Waals surface area contributed by atoms with Crippen LogP contribution in [0.2, 0.25) is 5.02 Å². The van der Waals surface area contributed by atoms with Gasteiger partial charge in [0.1, 0.15) is 4.90 Å². The molecule has 0 amide bonds. The number of halogens is 1. The highest BCUT2D eigenvalue weighted by Gasteiger charge is 2.29. The number of carboxylic acids is 1. The van der Waals surface area contributed by atoms with E-state index in [2.05, 4.69) is 0 Å². The molecule has 0 N–H and O–H groups in total. The van der Waals surface area contributed by atoms with Gasteiger partial charge in [-0.1, -0.05) is 17.7 Å². The number of nitro benzene ring substituents is 1. The molecule has 0 bridgehead atoms. The minimum atomic E-state index is -4.24. The number of carbonyl (C=O) groups excluding carboxylic acids is 1. The van der Waals surface area contributed by atoms with E-state index >= 15 is 0 Å². The van der Waals surface area contributed by atoms with E-state index < -0.39 is 36.9 Å². The van der Waals surface area contributed by atoms with Crippen molar-refractivity contribution in [3.05, 3.63) is 62.2 Å². The maximum absolute atomic E-state index is 12.8. The summed E-state index contributed by atoms with van der Waals surface area (Å²) in [5.41, 5.74) is -0.493. The quantitative estimate of drug-likeness (QED) is 0.602. The van der Waals surface area contributed by atoms with Crippen molar-refractivity contribution in [1.82, 2.24) is 0 Å². The third-order valence-electron chi connectivity index (χ3n) is 3.43. The van der Waals surface area contributed by atoms with Gasteiger partial charge in [-0.2, -0.15) is 0 Å². The average molecular weight is 369 g/mol. The molecule has 0 aliphatic carbocycles. The molecule has 0 unspecified atom stereocenters. The molecule has 0 heterocycles. The zero-order valence-electron chi connectivity index (χ0n) is 12.6. The summed E-state index contributed by atoms with van der Waals surface area (Å²) in [6, 6.07) is 5.28. The number of carboxylic acid groups (broad SMARTS) is 1. The van der Waals surface area contributed by atoms with Crippen LogP contribution in [0.4, 0.5) is 5.69 Å². The van der Waals surface area contributed by atoms with E-state index in [1.807, 2.05) is 0 Å². The minimum absolute atomic E-state index is 0.131. The fourth-order valence-electron chi connectivity index (χ4n) is 2.18. The zero-order chi connectivity index (χ0) is 18.2. The molecule has 0 radical (unpaired) electrons. The van der Waals surface area contributed by atoms with Gasteiger partial charge in [0.15, 0.2) is 0 Å². The summed E-state index contributed by atoms with van der Waals surface area (Å²) < 4.78 is 25.6. The van der Waals surface area contributed by atoms with Crippen LogP contribution < -0.4 is 5.11 Å². The van der Waals surface area contributed by atoms with Gasteiger partial charge in [-0.05, 0) is 43.2 Å². The van der Waals surface area contributed by atoms with Crippen LogP contribution in [0.25, 0.3) is 0 Å². The van der Waals surface area contributed by atoms with Gasteiger partial charge in [0.25, 0.3) is 5.69 Å². The fourth-order valence-corrected chi connectivity index (χ4v) is 4.10. The standard InChI is InChI=1S/C15H12ClNO6S/c1-8-6-14(9(2)5-11(8)16)24(22,23)13-4-3-10(15(18)19)7-12(13)17(20)21/h3-7H,1-2H3,(H,18,19)/p-1. The molecule has 0 atom stereocenters. The van der Waals surface area contributed by atoms with Crippen LogP contribution in [0.15, 0.2) is 40.1 Å². The Kier molecular flexibility index (Phi) is 4.63. The van der Waals surface area contributed by atoms with E-state index in [0.29, 0.717) is 22.2 Å². The molecular weight excluding hydrogens is 358 g/mol. The van der Waals surface area contributed by atoms with Crippen molar-refractivity contribution in [2.24, 2.45) is 0 Å². The van der Waals surface area contributed by atoms with Crippen molar-refractivity contribution < 1.29 is 23.2 Å². The van der Waals surface area contributed by atoms with Gasteiger partial charge in [-0.3, -0.25) is 10.1 Å². The van der Waals surface area contributed by atoms with E-state index in [1.165, 1.54) is 19.1 Å². The molecule has 0 saturated heterocycles. The molecule has 2 aromatic rings. The highest BCUT2D eigenvalue weighted by molar-refractivity contribution is 7.91. The van der Waals surface area contributed by atoms with E-state index in [9.17, 15) is 28.4 Å². The lowest BCUT2D eigenvalue weighted by atomic mass is 10.2. The molecule has 2 aromatic carbocycles. The monoisotopic (exact) mass is 368 g/mol. The van der Waals surface area contributed by atoms with Gasteiger partial charge in [0, 0.05) is 16.7 Å². The molecule has 0 aliphatic heterocycles. The predicted molar refractivity (Wildman–Crippen MR) is 83.8 cm³/mol. The third kappa shape index (κ3) is 3.10. The maximum Gasteiger partial charge on any atom is 0.289 e. The van der Waals surface area contributed by atoms with Crippen molar-refractivity contribution in [3.8, 4) is 0 Å². The Balaban J connectivity index is 2.77. The van der Waals surface area contributed by atoms with Crippen LogP contribution >= 0.6 is 11.6 Å². The first-order valence-corrected chi connectivity index (χ1v) is 8.43. The second-order valence-electron chi connectivity index (χ2n) is 5.10. The smallest absolute Gasteiger partial charge is 0.289 e. The summed E-state index contributed by atoms with van der Waals surface area (Å²) in [6.07, 6.45) is 0.